The van der Waals surface area contributed by atoms with Gasteiger partial charge in [-0.05, 0) is 117 Å². The first-order valence-corrected chi connectivity index (χ1v) is 13.1. The quantitative estimate of drug-likeness (QED) is 0.540. The summed E-state index contributed by atoms with van der Waals surface area (Å²) >= 11 is 0. The molecule has 3 nitrogen and oxygen atoms in total. The van der Waals surface area contributed by atoms with Crippen LogP contribution in [0, 0.1) is 11.3 Å². The fourth-order valence-corrected chi connectivity index (χ4v) is 8.69. The molecule has 2 spiro atoms. The molecule has 3 fully saturated rings. The van der Waals surface area contributed by atoms with Crippen molar-refractivity contribution in [1.82, 2.24) is 9.88 Å². The molecule has 172 valence electrons. The molecule has 5 aliphatic rings. The van der Waals surface area contributed by atoms with Crippen LogP contribution in [0.3, 0.4) is 0 Å². The number of pyridine rings is 1. The van der Waals surface area contributed by atoms with Crippen LogP contribution in [0.25, 0.3) is 10.8 Å². The lowest BCUT2D eigenvalue weighted by Crippen LogP contribution is -2.55. The monoisotopic (exact) mass is 440 g/mol. The van der Waals surface area contributed by atoms with Crippen molar-refractivity contribution in [3.05, 3.63) is 65.5 Å². The second-order valence-corrected chi connectivity index (χ2v) is 12.0. The van der Waals surface area contributed by atoms with Crippen molar-refractivity contribution < 1.29 is 4.74 Å². The number of rotatable bonds is 2. The first-order valence-electron chi connectivity index (χ1n) is 13.1. The number of ether oxygens (including phenoxy) is 1. The van der Waals surface area contributed by atoms with E-state index in [1.807, 2.05) is 12.4 Å². The van der Waals surface area contributed by atoms with Crippen molar-refractivity contribution in [2.45, 2.75) is 81.5 Å². The molecule has 33 heavy (non-hydrogen) atoms. The SMILES string of the molecule is CN(C)[C@@H]1CCC2=CC3=CC[C@]4(C)C(c5ccc6ccncc6c5)CC[C@H]4C34CC[C@]2(C1)O4. The third-order valence-electron chi connectivity index (χ3n) is 10.5. The van der Waals surface area contributed by atoms with Crippen LogP contribution < -0.4 is 0 Å². The van der Waals surface area contributed by atoms with Crippen molar-refractivity contribution in [2.75, 3.05) is 14.1 Å². The van der Waals surface area contributed by atoms with Crippen LogP contribution in [0.4, 0.5) is 0 Å². The summed E-state index contributed by atoms with van der Waals surface area (Å²) in [7, 11) is 4.49. The van der Waals surface area contributed by atoms with Gasteiger partial charge in [0, 0.05) is 23.8 Å². The number of fused-ring (bicyclic) bond motifs is 2. The summed E-state index contributed by atoms with van der Waals surface area (Å²) in [5.74, 6) is 1.20. The zero-order chi connectivity index (χ0) is 22.4. The fourth-order valence-electron chi connectivity index (χ4n) is 8.69. The molecule has 2 aromatic rings. The number of hydrogen-bond donors (Lipinski definition) is 0. The van der Waals surface area contributed by atoms with Gasteiger partial charge in [-0.3, -0.25) is 4.98 Å². The molecule has 1 aromatic heterocycles. The molecule has 2 saturated carbocycles. The minimum absolute atomic E-state index is 0.00448. The predicted octanol–water partition coefficient (Wildman–Crippen LogP) is 6.41. The Balaban J connectivity index is 1.28. The second kappa shape index (κ2) is 6.79. The highest BCUT2D eigenvalue weighted by Gasteiger charge is 2.66. The minimum atomic E-state index is -0.0577. The first kappa shape index (κ1) is 20.4. The Hall–Kier alpha value is -1.97. The third kappa shape index (κ3) is 2.67. The van der Waals surface area contributed by atoms with Crippen LogP contribution in [0.1, 0.15) is 69.8 Å². The van der Waals surface area contributed by atoms with Crippen molar-refractivity contribution in [3.63, 3.8) is 0 Å². The topological polar surface area (TPSA) is 25.4 Å². The standard InChI is InChI=1S/C30H36N2O/c1-28-12-10-24-17-23-6-7-25(32(2)3)18-29(23)13-14-30(24,33-29)27(28)9-8-26(28)21-5-4-20-11-15-31-19-22(20)16-21/h4-5,10-11,15-17,19,25-27H,6-9,12-14,18H2,1-3H3/t25-,26?,27-,28-,29-,30?/m1/s1. The maximum atomic E-state index is 7.42. The largest absolute Gasteiger partial charge is 0.359 e. The highest BCUT2D eigenvalue weighted by Crippen LogP contribution is 2.69. The summed E-state index contributed by atoms with van der Waals surface area (Å²) in [6.45, 7) is 2.57. The van der Waals surface area contributed by atoms with E-state index in [1.165, 1.54) is 73.3 Å². The molecule has 6 atom stereocenters. The smallest absolute Gasteiger partial charge is 0.0974 e. The molecule has 2 unspecified atom stereocenters. The molecule has 3 heteroatoms. The van der Waals surface area contributed by atoms with Gasteiger partial charge in [0.1, 0.15) is 0 Å². The Morgan fingerprint density at radius 3 is 2.85 bits per heavy atom. The number of allylic oxidation sites excluding steroid dienone is 1. The molecule has 1 saturated heterocycles. The Kier molecular flexibility index (Phi) is 4.20. The third-order valence-corrected chi connectivity index (χ3v) is 10.5. The average Bonchev–Trinajstić information content (AvgIpc) is 3.33. The van der Waals surface area contributed by atoms with Gasteiger partial charge in [0.25, 0.3) is 0 Å². The Bertz CT molecular complexity index is 1200. The molecule has 3 aliphatic carbocycles. The van der Waals surface area contributed by atoms with Gasteiger partial charge in [0.05, 0.1) is 11.2 Å². The molecule has 2 bridgehead atoms. The number of nitrogens with zero attached hydrogens (tertiary/aromatic N) is 2. The van der Waals surface area contributed by atoms with Gasteiger partial charge >= 0.3 is 0 Å². The zero-order valence-corrected chi connectivity index (χ0v) is 20.3. The highest BCUT2D eigenvalue weighted by atomic mass is 16.5. The Morgan fingerprint density at radius 1 is 1.06 bits per heavy atom. The van der Waals surface area contributed by atoms with Gasteiger partial charge in [0.2, 0.25) is 0 Å². The maximum Gasteiger partial charge on any atom is 0.0974 e. The van der Waals surface area contributed by atoms with E-state index in [1.54, 1.807) is 5.57 Å². The van der Waals surface area contributed by atoms with E-state index in [0.717, 1.165) is 0 Å². The Labute approximate surface area is 197 Å². The van der Waals surface area contributed by atoms with Crippen molar-refractivity contribution in [1.29, 1.82) is 0 Å². The average molecular weight is 441 g/mol. The van der Waals surface area contributed by atoms with Gasteiger partial charge in [-0.25, -0.2) is 0 Å². The van der Waals surface area contributed by atoms with Crippen LogP contribution in [0.15, 0.2) is 60.0 Å². The van der Waals surface area contributed by atoms with E-state index in [2.05, 4.69) is 67.3 Å². The summed E-state index contributed by atoms with van der Waals surface area (Å²) in [6.07, 6.45) is 18.9. The van der Waals surface area contributed by atoms with Gasteiger partial charge in [0.15, 0.2) is 0 Å². The van der Waals surface area contributed by atoms with Crippen molar-refractivity contribution in [3.8, 4) is 0 Å². The molecule has 0 amide bonds. The second-order valence-electron chi connectivity index (χ2n) is 12.0. The molecule has 0 radical (unpaired) electrons. The molecular formula is C30H36N2O. The Morgan fingerprint density at radius 2 is 1.97 bits per heavy atom. The van der Waals surface area contributed by atoms with Crippen LogP contribution in [0.2, 0.25) is 0 Å². The molecular weight excluding hydrogens is 404 g/mol. The van der Waals surface area contributed by atoms with E-state index in [-0.39, 0.29) is 16.6 Å². The number of benzene rings is 1. The molecule has 0 N–H and O–H groups in total. The van der Waals surface area contributed by atoms with Crippen LogP contribution >= 0.6 is 0 Å². The van der Waals surface area contributed by atoms with E-state index in [4.69, 9.17) is 4.74 Å². The van der Waals surface area contributed by atoms with Gasteiger partial charge in [-0.15, -0.1) is 0 Å². The minimum Gasteiger partial charge on any atom is -0.359 e. The summed E-state index contributed by atoms with van der Waals surface area (Å²) < 4.78 is 7.42. The summed E-state index contributed by atoms with van der Waals surface area (Å²) in [5.41, 5.74) is 4.82. The van der Waals surface area contributed by atoms with E-state index in [9.17, 15) is 0 Å². The van der Waals surface area contributed by atoms with Gasteiger partial charge < -0.3 is 9.64 Å². The molecule has 2 aliphatic heterocycles. The van der Waals surface area contributed by atoms with Crippen LogP contribution in [-0.4, -0.2) is 41.2 Å². The van der Waals surface area contributed by atoms with E-state index in [0.29, 0.717) is 17.9 Å². The summed E-state index contributed by atoms with van der Waals surface area (Å²) in [6, 6.07) is 9.86. The van der Waals surface area contributed by atoms with Crippen LogP contribution in [0.5, 0.6) is 0 Å². The van der Waals surface area contributed by atoms with Gasteiger partial charge in [-0.1, -0.05) is 31.2 Å². The summed E-state index contributed by atoms with van der Waals surface area (Å²) in [4.78, 5) is 6.81. The summed E-state index contributed by atoms with van der Waals surface area (Å²) in [5, 5.41) is 2.56. The van der Waals surface area contributed by atoms with E-state index < -0.39 is 0 Å². The predicted molar refractivity (Wildman–Crippen MR) is 133 cm³/mol. The lowest BCUT2D eigenvalue weighted by atomic mass is 9.58. The maximum absolute atomic E-state index is 7.42. The van der Waals surface area contributed by atoms with Crippen LogP contribution in [-0.2, 0) is 4.74 Å². The van der Waals surface area contributed by atoms with Crippen molar-refractivity contribution in [2.24, 2.45) is 11.3 Å². The fraction of sp³-hybridized carbons (Fsp3) is 0.567. The number of aromatic nitrogens is 1. The van der Waals surface area contributed by atoms with E-state index >= 15 is 0 Å². The molecule has 1 aromatic carbocycles. The highest BCUT2D eigenvalue weighted by molar-refractivity contribution is 5.82. The van der Waals surface area contributed by atoms with Gasteiger partial charge in [-0.2, -0.15) is 0 Å². The normalized spacial score (nSPS) is 41.4. The number of hydrogen-bond acceptors (Lipinski definition) is 3. The molecule has 7 rings (SSSR count). The first-order chi connectivity index (χ1) is 15.9. The van der Waals surface area contributed by atoms with Crippen molar-refractivity contribution >= 4 is 10.8 Å². The molecule has 3 heterocycles. The lowest BCUT2D eigenvalue weighted by molar-refractivity contribution is -0.139. The zero-order valence-electron chi connectivity index (χ0n) is 20.3. The lowest BCUT2D eigenvalue weighted by Gasteiger charge is -2.54.